The van der Waals surface area contributed by atoms with E-state index in [4.69, 9.17) is 9.47 Å². The van der Waals surface area contributed by atoms with Gasteiger partial charge in [0, 0.05) is 18.8 Å². The highest BCUT2D eigenvalue weighted by atomic mass is 16.5. The summed E-state index contributed by atoms with van der Waals surface area (Å²) >= 11 is 0. The molecule has 2 N–H and O–H groups in total. The highest BCUT2D eigenvalue weighted by Gasteiger charge is 2.22. The van der Waals surface area contributed by atoms with Crippen LogP contribution in [-0.2, 0) is 16.1 Å². The summed E-state index contributed by atoms with van der Waals surface area (Å²) in [5.74, 6) is 0.551. The third kappa shape index (κ3) is 6.20. The average molecular weight is 320 g/mol. The van der Waals surface area contributed by atoms with Gasteiger partial charge in [-0.2, -0.15) is 0 Å². The van der Waals surface area contributed by atoms with Gasteiger partial charge in [-0.1, -0.05) is 31.9 Å². The fraction of sp³-hybridized carbons (Fsp3) is 0.611. The van der Waals surface area contributed by atoms with Crippen LogP contribution in [0.2, 0.25) is 0 Å². The first-order valence-corrected chi connectivity index (χ1v) is 8.42. The number of amides is 2. The Bertz CT molecular complexity index is 493. The predicted molar refractivity (Wildman–Crippen MR) is 91.5 cm³/mol. The normalized spacial score (nSPS) is 21.0. The smallest absolute Gasteiger partial charge is 0.319 e. The van der Waals surface area contributed by atoms with Gasteiger partial charge in [0.25, 0.3) is 0 Å². The molecule has 23 heavy (non-hydrogen) atoms. The molecule has 0 aromatic heterocycles. The average Bonchev–Trinajstić information content (AvgIpc) is 2.54. The maximum absolute atomic E-state index is 12.2. The van der Waals surface area contributed by atoms with Gasteiger partial charge in [0.2, 0.25) is 0 Å². The number of carbonyl (C=O) groups excluding carboxylic acids is 1. The summed E-state index contributed by atoms with van der Waals surface area (Å²) in [6.45, 7) is 3.87. The van der Waals surface area contributed by atoms with Gasteiger partial charge < -0.3 is 20.1 Å². The fourth-order valence-electron chi connectivity index (χ4n) is 2.94. The van der Waals surface area contributed by atoms with E-state index in [0.29, 0.717) is 25.7 Å². The van der Waals surface area contributed by atoms with E-state index in [-0.39, 0.29) is 12.1 Å². The number of hydrogen-bond acceptors (Lipinski definition) is 3. The molecule has 128 valence electrons. The highest BCUT2D eigenvalue weighted by Crippen LogP contribution is 2.23. The lowest BCUT2D eigenvalue weighted by atomic mass is 9.86. The summed E-state index contributed by atoms with van der Waals surface area (Å²) < 4.78 is 10.4. The van der Waals surface area contributed by atoms with Gasteiger partial charge in [0.1, 0.15) is 0 Å². The van der Waals surface area contributed by atoms with E-state index in [9.17, 15) is 4.79 Å². The number of nitrogens with one attached hydrogen (secondary N) is 2. The molecule has 1 saturated carbocycles. The van der Waals surface area contributed by atoms with Crippen molar-refractivity contribution in [1.29, 1.82) is 0 Å². The third-order valence-corrected chi connectivity index (χ3v) is 4.31. The Hall–Kier alpha value is -1.59. The van der Waals surface area contributed by atoms with Crippen LogP contribution in [0, 0.1) is 5.92 Å². The van der Waals surface area contributed by atoms with Gasteiger partial charge in [-0.3, -0.25) is 0 Å². The largest absolute Gasteiger partial charge is 0.382 e. The van der Waals surface area contributed by atoms with Crippen molar-refractivity contribution in [3.63, 3.8) is 0 Å². The molecule has 5 heteroatoms. The first kappa shape index (κ1) is 17.8. The molecule has 1 aliphatic rings. The Kier molecular flexibility index (Phi) is 7.36. The van der Waals surface area contributed by atoms with E-state index in [2.05, 4.69) is 17.6 Å². The van der Waals surface area contributed by atoms with E-state index in [1.807, 2.05) is 24.3 Å². The third-order valence-electron chi connectivity index (χ3n) is 4.31. The van der Waals surface area contributed by atoms with Gasteiger partial charge in [-0.05, 0) is 36.5 Å². The van der Waals surface area contributed by atoms with Gasteiger partial charge >= 0.3 is 6.03 Å². The molecule has 0 bridgehead atoms. The Labute approximate surface area is 138 Å². The summed E-state index contributed by atoms with van der Waals surface area (Å²) in [5.41, 5.74) is 1.82. The second-order valence-corrected chi connectivity index (χ2v) is 6.21. The standard InChI is InChI=1S/C18H28N2O3/c1-14-6-3-4-9-17(14)20-18(21)19-16-8-5-7-15(12-16)13-23-11-10-22-2/h5,7-8,12,14,17H,3-4,6,9-11,13H2,1-2H3,(H2,19,20,21). The molecule has 0 heterocycles. The lowest BCUT2D eigenvalue weighted by molar-refractivity contribution is 0.0617. The molecular weight excluding hydrogens is 292 g/mol. The fourth-order valence-corrected chi connectivity index (χ4v) is 2.94. The van der Waals surface area contributed by atoms with Crippen molar-refractivity contribution in [2.24, 2.45) is 5.92 Å². The first-order chi connectivity index (χ1) is 11.2. The zero-order valence-electron chi connectivity index (χ0n) is 14.1. The number of hydrogen-bond donors (Lipinski definition) is 2. The summed E-state index contributed by atoms with van der Waals surface area (Å²) in [7, 11) is 1.65. The topological polar surface area (TPSA) is 59.6 Å². The molecule has 1 aromatic rings. The molecule has 0 spiro atoms. The molecule has 2 unspecified atom stereocenters. The minimum atomic E-state index is -0.124. The van der Waals surface area contributed by atoms with Crippen LogP contribution in [0.5, 0.6) is 0 Å². The van der Waals surface area contributed by atoms with E-state index >= 15 is 0 Å². The second-order valence-electron chi connectivity index (χ2n) is 6.21. The SMILES string of the molecule is COCCOCc1cccc(NC(=O)NC2CCCCC2C)c1. The van der Waals surface area contributed by atoms with Crippen molar-refractivity contribution in [3.05, 3.63) is 29.8 Å². The van der Waals surface area contributed by atoms with Crippen molar-refractivity contribution in [3.8, 4) is 0 Å². The van der Waals surface area contributed by atoms with Crippen molar-refractivity contribution >= 4 is 11.7 Å². The second kappa shape index (κ2) is 9.53. The molecule has 2 atom stereocenters. The lowest BCUT2D eigenvalue weighted by Crippen LogP contribution is -2.43. The molecule has 5 nitrogen and oxygen atoms in total. The summed E-state index contributed by atoms with van der Waals surface area (Å²) in [6.07, 6.45) is 4.73. The minimum absolute atomic E-state index is 0.124. The molecule has 1 fully saturated rings. The Morgan fingerprint density at radius 3 is 2.87 bits per heavy atom. The van der Waals surface area contributed by atoms with Crippen LogP contribution < -0.4 is 10.6 Å². The van der Waals surface area contributed by atoms with E-state index in [1.165, 1.54) is 19.3 Å². The summed E-state index contributed by atoms with van der Waals surface area (Å²) in [4.78, 5) is 12.2. The minimum Gasteiger partial charge on any atom is -0.382 e. The zero-order chi connectivity index (χ0) is 16.5. The molecule has 2 rings (SSSR count). The first-order valence-electron chi connectivity index (χ1n) is 8.42. The molecule has 0 aliphatic heterocycles. The molecule has 2 amide bonds. The van der Waals surface area contributed by atoms with Crippen molar-refractivity contribution in [2.45, 2.75) is 45.3 Å². The summed E-state index contributed by atoms with van der Waals surface area (Å²) in [5, 5.41) is 6.02. The highest BCUT2D eigenvalue weighted by molar-refractivity contribution is 5.89. The Morgan fingerprint density at radius 2 is 2.09 bits per heavy atom. The molecule has 1 aliphatic carbocycles. The number of carbonyl (C=O) groups is 1. The van der Waals surface area contributed by atoms with Crippen LogP contribution in [0.4, 0.5) is 10.5 Å². The molecular formula is C18H28N2O3. The van der Waals surface area contributed by atoms with Crippen LogP contribution in [0.25, 0.3) is 0 Å². The van der Waals surface area contributed by atoms with Crippen LogP contribution in [0.3, 0.4) is 0 Å². The van der Waals surface area contributed by atoms with Gasteiger partial charge in [-0.25, -0.2) is 4.79 Å². The number of benzene rings is 1. The monoisotopic (exact) mass is 320 g/mol. The van der Waals surface area contributed by atoms with Crippen LogP contribution >= 0.6 is 0 Å². The van der Waals surface area contributed by atoms with Crippen LogP contribution in [-0.4, -0.2) is 32.4 Å². The van der Waals surface area contributed by atoms with Gasteiger partial charge in [0.15, 0.2) is 0 Å². The molecule has 0 radical (unpaired) electrons. The zero-order valence-corrected chi connectivity index (χ0v) is 14.1. The van der Waals surface area contributed by atoms with E-state index in [1.54, 1.807) is 7.11 Å². The quantitative estimate of drug-likeness (QED) is 0.755. The number of ether oxygens (including phenoxy) is 2. The van der Waals surface area contributed by atoms with Crippen molar-refractivity contribution in [1.82, 2.24) is 5.32 Å². The summed E-state index contributed by atoms with van der Waals surface area (Å²) in [6, 6.07) is 7.90. The number of urea groups is 1. The van der Waals surface area contributed by atoms with E-state index in [0.717, 1.165) is 17.7 Å². The van der Waals surface area contributed by atoms with Crippen LogP contribution in [0.1, 0.15) is 38.2 Å². The van der Waals surface area contributed by atoms with Gasteiger partial charge in [0.05, 0.1) is 19.8 Å². The van der Waals surface area contributed by atoms with Crippen molar-refractivity contribution in [2.75, 3.05) is 25.6 Å². The Morgan fingerprint density at radius 1 is 1.26 bits per heavy atom. The predicted octanol–water partition coefficient (Wildman–Crippen LogP) is 3.55. The molecule has 1 aromatic carbocycles. The van der Waals surface area contributed by atoms with Crippen LogP contribution in [0.15, 0.2) is 24.3 Å². The maximum Gasteiger partial charge on any atom is 0.319 e. The number of anilines is 1. The maximum atomic E-state index is 12.2. The number of rotatable bonds is 7. The van der Waals surface area contributed by atoms with Crippen molar-refractivity contribution < 1.29 is 14.3 Å². The Balaban J connectivity index is 1.80. The molecule has 0 saturated heterocycles. The number of methoxy groups -OCH3 is 1. The van der Waals surface area contributed by atoms with Gasteiger partial charge in [-0.15, -0.1) is 0 Å². The van der Waals surface area contributed by atoms with E-state index < -0.39 is 0 Å². The lowest BCUT2D eigenvalue weighted by Gasteiger charge is -2.29.